The third-order valence-electron chi connectivity index (χ3n) is 4.93. The van der Waals surface area contributed by atoms with Crippen LogP contribution in [0.25, 0.3) is 0 Å². The molecule has 0 aromatic heterocycles. The smallest absolute Gasteiger partial charge is 0.0787 e. The predicted molar refractivity (Wildman–Crippen MR) is 97.4 cm³/mol. The van der Waals surface area contributed by atoms with Gasteiger partial charge in [-0.2, -0.15) is 11.8 Å². The van der Waals surface area contributed by atoms with E-state index in [0.29, 0.717) is 6.54 Å². The minimum absolute atomic E-state index is 0.257. The third-order valence-corrected chi connectivity index (χ3v) is 5.92. The molecule has 5 heteroatoms. The zero-order chi connectivity index (χ0) is 16.1. The summed E-state index contributed by atoms with van der Waals surface area (Å²) in [5.41, 5.74) is 2.02. The molecule has 2 N–H and O–H groups in total. The maximum absolute atomic E-state index is 10.6. The van der Waals surface area contributed by atoms with Crippen LogP contribution in [0.2, 0.25) is 0 Å². The van der Waals surface area contributed by atoms with Gasteiger partial charge in [0, 0.05) is 31.4 Å². The number of anilines is 1. The number of morpholine rings is 1. The molecule has 1 aromatic rings. The molecule has 128 valence electrons. The van der Waals surface area contributed by atoms with Gasteiger partial charge < -0.3 is 20.1 Å². The van der Waals surface area contributed by atoms with Gasteiger partial charge in [-0.15, -0.1) is 0 Å². The number of aliphatic hydroxyl groups is 1. The average Bonchev–Trinajstić information content (AvgIpc) is 2.61. The van der Waals surface area contributed by atoms with Crippen LogP contribution in [-0.4, -0.2) is 55.1 Å². The molecule has 2 aliphatic heterocycles. The first-order chi connectivity index (χ1) is 11.2. The molecule has 1 aromatic carbocycles. The Kier molecular flexibility index (Phi) is 5.85. The molecule has 2 fully saturated rings. The molecule has 2 heterocycles. The molecule has 1 atom stereocenters. The molecule has 1 unspecified atom stereocenters. The molecular formula is C18H28N2O2S. The maximum Gasteiger partial charge on any atom is 0.0787 e. The van der Waals surface area contributed by atoms with Gasteiger partial charge in [0.2, 0.25) is 0 Å². The van der Waals surface area contributed by atoms with E-state index in [-0.39, 0.29) is 6.04 Å². The van der Waals surface area contributed by atoms with Crippen molar-refractivity contribution in [3.8, 4) is 0 Å². The largest absolute Gasteiger partial charge is 0.389 e. The predicted octanol–water partition coefficient (Wildman–Crippen LogP) is 2.43. The zero-order valence-electron chi connectivity index (χ0n) is 14.0. The zero-order valence-corrected chi connectivity index (χ0v) is 14.8. The molecule has 2 saturated heterocycles. The Bertz CT molecular complexity index is 482. The van der Waals surface area contributed by atoms with Gasteiger partial charge in [-0.1, -0.05) is 12.1 Å². The lowest BCUT2D eigenvalue weighted by molar-refractivity contribution is 0.0300. The molecule has 0 aliphatic carbocycles. The molecule has 0 radical (unpaired) electrons. The number of thioether (sulfide) groups is 1. The van der Waals surface area contributed by atoms with E-state index >= 15 is 0 Å². The lowest BCUT2D eigenvalue weighted by Gasteiger charge is -2.33. The van der Waals surface area contributed by atoms with Crippen LogP contribution < -0.4 is 10.2 Å². The van der Waals surface area contributed by atoms with E-state index < -0.39 is 5.60 Å². The molecule has 3 rings (SSSR count). The summed E-state index contributed by atoms with van der Waals surface area (Å²) in [5.74, 6) is 2.14. The highest BCUT2D eigenvalue weighted by atomic mass is 32.2. The number of ether oxygens (including phenoxy) is 1. The number of hydrogen-bond donors (Lipinski definition) is 2. The Balaban J connectivity index is 1.53. The second-order valence-corrected chi connectivity index (χ2v) is 7.86. The minimum atomic E-state index is -0.521. The van der Waals surface area contributed by atoms with E-state index in [1.165, 1.54) is 11.3 Å². The Morgan fingerprint density at radius 3 is 2.52 bits per heavy atom. The molecule has 0 bridgehead atoms. The van der Waals surface area contributed by atoms with Crippen molar-refractivity contribution in [1.29, 1.82) is 0 Å². The fraction of sp³-hybridized carbons (Fsp3) is 0.667. The Morgan fingerprint density at radius 1 is 1.22 bits per heavy atom. The van der Waals surface area contributed by atoms with E-state index in [2.05, 4.69) is 41.4 Å². The number of rotatable bonds is 5. The molecular weight excluding hydrogens is 308 g/mol. The van der Waals surface area contributed by atoms with Gasteiger partial charge in [0.15, 0.2) is 0 Å². The van der Waals surface area contributed by atoms with Crippen LogP contribution in [0.4, 0.5) is 5.69 Å². The minimum Gasteiger partial charge on any atom is -0.389 e. The molecule has 0 spiro atoms. The lowest BCUT2D eigenvalue weighted by atomic mass is 9.96. The first-order valence-corrected chi connectivity index (χ1v) is 9.78. The summed E-state index contributed by atoms with van der Waals surface area (Å²) in [6.45, 7) is 6.42. The van der Waals surface area contributed by atoms with E-state index in [9.17, 15) is 5.11 Å². The summed E-state index contributed by atoms with van der Waals surface area (Å²) in [5, 5.41) is 14.1. The van der Waals surface area contributed by atoms with Crippen molar-refractivity contribution in [2.75, 3.05) is 49.3 Å². The summed E-state index contributed by atoms with van der Waals surface area (Å²) in [6, 6.07) is 9.05. The topological polar surface area (TPSA) is 44.7 Å². The molecule has 2 aliphatic rings. The van der Waals surface area contributed by atoms with Gasteiger partial charge in [0.05, 0.1) is 18.8 Å². The van der Waals surface area contributed by atoms with Gasteiger partial charge >= 0.3 is 0 Å². The molecule has 0 saturated carbocycles. The van der Waals surface area contributed by atoms with Crippen molar-refractivity contribution in [3.05, 3.63) is 29.8 Å². The van der Waals surface area contributed by atoms with Gasteiger partial charge in [0.1, 0.15) is 0 Å². The van der Waals surface area contributed by atoms with Crippen molar-refractivity contribution in [3.63, 3.8) is 0 Å². The van der Waals surface area contributed by atoms with Gasteiger partial charge in [-0.25, -0.2) is 0 Å². The van der Waals surface area contributed by atoms with Crippen LogP contribution in [0.3, 0.4) is 0 Å². The van der Waals surface area contributed by atoms with Gasteiger partial charge in [-0.05, 0) is 49.0 Å². The summed E-state index contributed by atoms with van der Waals surface area (Å²) < 4.78 is 5.41. The van der Waals surface area contributed by atoms with E-state index in [4.69, 9.17) is 4.74 Å². The Hall–Kier alpha value is -0.750. The first kappa shape index (κ1) is 17.1. The standard InChI is InChI=1S/C18H28N2O2S/c1-15(19-14-18(21)6-12-23-13-7-18)16-2-4-17(5-3-16)20-8-10-22-11-9-20/h2-5,15,19,21H,6-14H2,1H3. The average molecular weight is 337 g/mol. The second-order valence-electron chi connectivity index (χ2n) is 6.63. The number of hydrogen-bond acceptors (Lipinski definition) is 5. The highest BCUT2D eigenvalue weighted by Crippen LogP contribution is 2.27. The lowest BCUT2D eigenvalue weighted by Crippen LogP contribution is -2.44. The van der Waals surface area contributed by atoms with Crippen molar-refractivity contribution in [1.82, 2.24) is 5.32 Å². The van der Waals surface area contributed by atoms with Crippen molar-refractivity contribution < 1.29 is 9.84 Å². The number of benzene rings is 1. The number of nitrogens with zero attached hydrogens (tertiary/aromatic N) is 1. The first-order valence-electron chi connectivity index (χ1n) is 8.62. The van der Waals surface area contributed by atoms with E-state index in [1.807, 2.05) is 11.8 Å². The quantitative estimate of drug-likeness (QED) is 0.865. The molecule has 0 amide bonds. The van der Waals surface area contributed by atoms with Crippen molar-refractivity contribution >= 4 is 17.4 Å². The summed E-state index contributed by atoms with van der Waals surface area (Å²) in [7, 11) is 0. The van der Waals surface area contributed by atoms with Crippen LogP contribution in [0.1, 0.15) is 31.4 Å². The van der Waals surface area contributed by atoms with Crippen molar-refractivity contribution in [2.45, 2.75) is 31.4 Å². The SMILES string of the molecule is CC(NCC1(O)CCSCC1)c1ccc(N2CCOCC2)cc1. The molecule has 4 nitrogen and oxygen atoms in total. The van der Waals surface area contributed by atoms with E-state index in [0.717, 1.165) is 50.7 Å². The monoisotopic (exact) mass is 336 g/mol. The Labute approximate surface area is 143 Å². The van der Waals surface area contributed by atoms with Crippen LogP contribution in [-0.2, 0) is 4.74 Å². The highest BCUT2D eigenvalue weighted by Gasteiger charge is 2.29. The second kappa shape index (κ2) is 7.88. The maximum atomic E-state index is 10.6. The van der Waals surface area contributed by atoms with Crippen molar-refractivity contribution in [2.24, 2.45) is 0 Å². The third kappa shape index (κ3) is 4.63. The van der Waals surface area contributed by atoms with Crippen LogP contribution in [0.5, 0.6) is 0 Å². The normalized spacial score (nSPS) is 22.8. The summed E-state index contributed by atoms with van der Waals surface area (Å²) >= 11 is 1.94. The van der Waals surface area contributed by atoms with Gasteiger partial charge in [0.25, 0.3) is 0 Å². The highest BCUT2D eigenvalue weighted by molar-refractivity contribution is 7.99. The Morgan fingerprint density at radius 2 is 1.87 bits per heavy atom. The fourth-order valence-electron chi connectivity index (χ4n) is 3.18. The molecule has 23 heavy (non-hydrogen) atoms. The van der Waals surface area contributed by atoms with Crippen LogP contribution in [0, 0.1) is 0 Å². The van der Waals surface area contributed by atoms with Gasteiger partial charge in [-0.3, -0.25) is 0 Å². The van der Waals surface area contributed by atoms with Crippen LogP contribution >= 0.6 is 11.8 Å². The number of nitrogens with one attached hydrogen (secondary N) is 1. The van der Waals surface area contributed by atoms with Crippen LogP contribution in [0.15, 0.2) is 24.3 Å². The summed E-state index contributed by atoms with van der Waals surface area (Å²) in [4.78, 5) is 2.37. The fourth-order valence-corrected chi connectivity index (χ4v) is 4.44. The van der Waals surface area contributed by atoms with E-state index in [1.54, 1.807) is 0 Å². The summed E-state index contributed by atoms with van der Waals surface area (Å²) in [6.07, 6.45) is 1.79.